The van der Waals surface area contributed by atoms with Crippen LogP contribution >= 0.6 is 11.3 Å². The average Bonchev–Trinajstić information content (AvgIpc) is 3.11. The topological polar surface area (TPSA) is 102 Å². The fourth-order valence-electron chi connectivity index (χ4n) is 3.63. The molecule has 1 aliphatic rings. The summed E-state index contributed by atoms with van der Waals surface area (Å²) in [6, 6.07) is 14.8. The van der Waals surface area contributed by atoms with Crippen LogP contribution in [0.4, 0.5) is 5.69 Å². The molecular weight excluding hydrogens is 406 g/mol. The van der Waals surface area contributed by atoms with Gasteiger partial charge in [0.2, 0.25) is 15.9 Å². The van der Waals surface area contributed by atoms with Crippen molar-refractivity contribution in [3.63, 3.8) is 0 Å². The highest BCUT2D eigenvalue weighted by atomic mass is 32.2. The number of nitrogens with zero attached hydrogens (tertiary/aromatic N) is 1. The number of rotatable bonds is 5. The summed E-state index contributed by atoms with van der Waals surface area (Å²) >= 11 is 1.63. The number of thiazole rings is 1. The number of nitrogens with one attached hydrogen (secondary N) is 1. The molecule has 0 bridgehead atoms. The van der Waals surface area contributed by atoms with Crippen molar-refractivity contribution in [3.05, 3.63) is 71.3 Å². The molecule has 8 heteroatoms. The summed E-state index contributed by atoms with van der Waals surface area (Å²) in [4.78, 5) is 17.8. The standard InChI is InChI=1S/C21H21N3O3S2/c22-29(26,27)13-14-6-5-7-15(12-14)23-20(25)16-8-1-2-9-17(16)21-24-18-10-3-4-11-19(18)28-21/h1-7,10-12,16-17H,8-9,13H2,(H,23,25)(H2,22,26,27). The van der Waals surface area contributed by atoms with Gasteiger partial charge < -0.3 is 5.32 Å². The number of anilines is 1. The van der Waals surface area contributed by atoms with Gasteiger partial charge in [-0.3, -0.25) is 4.79 Å². The summed E-state index contributed by atoms with van der Waals surface area (Å²) in [6.45, 7) is 0. The molecule has 4 rings (SSSR count). The van der Waals surface area contributed by atoms with E-state index in [1.807, 2.05) is 30.3 Å². The minimum absolute atomic E-state index is 0.0185. The number of carbonyl (C=O) groups is 1. The molecule has 3 aromatic rings. The van der Waals surface area contributed by atoms with E-state index in [0.29, 0.717) is 17.7 Å². The summed E-state index contributed by atoms with van der Waals surface area (Å²) < 4.78 is 23.8. The smallest absolute Gasteiger partial charge is 0.228 e. The second-order valence-corrected chi connectivity index (χ2v) is 9.85. The van der Waals surface area contributed by atoms with Gasteiger partial charge in [0.15, 0.2) is 0 Å². The number of allylic oxidation sites excluding steroid dienone is 2. The molecule has 29 heavy (non-hydrogen) atoms. The van der Waals surface area contributed by atoms with Crippen molar-refractivity contribution in [2.45, 2.75) is 24.5 Å². The van der Waals surface area contributed by atoms with E-state index < -0.39 is 10.0 Å². The Morgan fingerprint density at radius 2 is 1.93 bits per heavy atom. The van der Waals surface area contributed by atoms with E-state index in [9.17, 15) is 13.2 Å². The van der Waals surface area contributed by atoms with Crippen LogP contribution < -0.4 is 10.5 Å². The number of hydrogen-bond donors (Lipinski definition) is 2. The van der Waals surface area contributed by atoms with Gasteiger partial charge in [0.05, 0.1) is 26.9 Å². The van der Waals surface area contributed by atoms with Crippen molar-refractivity contribution in [3.8, 4) is 0 Å². The Hall–Kier alpha value is -2.55. The molecule has 0 spiro atoms. The van der Waals surface area contributed by atoms with Crippen LogP contribution in [-0.2, 0) is 20.6 Å². The highest BCUT2D eigenvalue weighted by Crippen LogP contribution is 2.39. The van der Waals surface area contributed by atoms with Gasteiger partial charge in [0.1, 0.15) is 0 Å². The number of primary sulfonamides is 1. The molecule has 2 aromatic carbocycles. The van der Waals surface area contributed by atoms with E-state index in [0.717, 1.165) is 21.6 Å². The molecule has 150 valence electrons. The first kappa shape index (κ1) is 19.8. The van der Waals surface area contributed by atoms with Gasteiger partial charge in [0.25, 0.3) is 0 Å². The fourth-order valence-corrected chi connectivity index (χ4v) is 5.42. The Labute approximate surface area is 173 Å². The molecule has 0 saturated heterocycles. The summed E-state index contributed by atoms with van der Waals surface area (Å²) in [5.41, 5.74) is 2.06. The molecule has 1 aromatic heterocycles. The maximum Gasteiger partial charge on any atom is 0.228 e. The molecule has 0 radical (unpaired) electrons. The van der Waals surface area contributed by atoms with Gasteiger partial charge in [0, 0.05) is 11.6 Å². The largest absolute Gasteiger partial charge is 0.326 e. The third-order valence-corrected chi connectivity index (χ3v) is 6.86. The zero-order valence-electron chi connectivity index (χ0n) is 15.6. The minimum Gasteiger partial charge on any atom is -0.326 e. The molecule has 1 aliphatic carbocycles. The third kappa shape index (κ3) is 4.72. The Morgan fingerprint density at radius 1 is 1.14 bits per heavy atom. The van der Waals surface area contributed by atoms with Gasteiger partial charge in [-0.1, -0.05) is 36.4 Å². The van der Waals surface area contributed by atoms with Gasteiger partial charge in [-0.2, -0.15) is 0 Å². The maximum absolute atomic E-state index is 13.1. The number of amides is 1. The van der Waals surface area contributed by atoms with Crippen LogP contribution in [0.1, 0.15) is 29.3 Å². The molecule has 0 aliphatic heterocycles. The number of aromatic nitrogens is 1. The molecule has 1 heterocycles. The van der Waals surface area contributed by atoms with Crippen molar-refractivity contribution < 1.29 is 13.2 Å². The number of para-hydroxylation sites is 1. The lowest BCUT2D eigenvalue weighted by Gasteiger charge is -2.26. The third-order valence-electron chi connectivity index (χ3n) is 4.96. The minimum atomic E-state index is -3.63. The SMILES string of the molecule is NS(=O)(=O)Cc1cccc(NC(=O)C2CC=CCC2c2nc3ccccc3s2)c1. The summed E-state index contributed by atoms with van der Waals surface area (Å²) in [5, 5.41) is 9.03. The highest BCUT2D eigenvalue weighted by Gasteiger charge is 2.32. The van der Waals surface area contributed by atoms with Gasteiger partial charge in [-0.25, -0.2) is 18.5 Å². The van der Waals surface area contributed by atoms with Crippen LogP contribution in [0.3, 0.4) is 0 Å². The Kier molecular flexibility index (Phi) is 5.49. The first-order chi connectivity index (χ1) is 13.9. The first-order valence-electron chi connectivity index (χ1n) is 9.30. The second-order valence-electron chi connectivity index (χ2n) is 7.17. The molecule has 0 fully saturated rings. The molecule has 6 nitrogen and oxygen atoms in total. The lowest BCUT2D eigenvalue weighted by Crippen LogP contribution is -2.29. The van der Waals surface area contributed by atoms with Crippen LogP contribution in [0.5, 0.6) is 0 Å². The first-order valence-corrected chi connectivity index (χ1v) is 11.8. The number of hydrogen-bond acceptors (Lipinski definition) is 5. The van der Waals surface area contributed by atoms with Crippen molar-refractivity contribution in [1.29, 1.82) is 0 Å². The predicted octanol–water partition coefficient (Wildman–Crippen LogP) is 3.77. The Balaban J connectivity index is 1.55. The van der Waals surface area contributed by atoms with Crippen molar-refractivity contribution >= 4 is 43.2 Å². The van der Waals surface area contributed by atoms with Crippen LogP contribution in [0, 0.1) is 5.92 Å². The molecule has 2 atom stereocenters. The number of sulfonamides is 1. The Morgan fingerprint density at radius 3 is 2.72 bits per heavy atom. The lowest BCUT2D eigenvalue weighted by atomic mass is 9.82. The molecule has 3 N–H and O–H groups in total. The van der Waals surface area contributed by atoms with Crippen LogP contribution in [-0.4, -0.2) is 19.3 Å². The Bertz CT molecular complexity index is 1150. The van der Waals surface area contributed by atoms with Crippen molar-refractivity contribution in [2.24, 2.45) is 11.1 Å². The van der Waals surface area contributed by atoms with E-state index in [2.05, 4.69) is 11.4 Å². The summed E-state index contributed by atoms with van der Waals surface area (Å²) in [5.74, 6) is -0.573. The second kappa shape index (κ2) is 8.06. The number of benzene rings is 2. The van der Waals surface area contributed by atoms with Crippen LogP contribution in [0.25, 0.3) is 10.2 Å². The molecule has 0 saturated carbocycles. The monoisotopic (exact) mass is 427 g/mol. The zero-order valence-corrected chi connectivity index (χ0v) is 17.2. The van der Waals surface area contributed by atoms with E-state index in [1.165, 1.54) is 0 Å². The van der Waals surface area contributed by atoms with Crippen LogP contribution in [0.2, 0.25) is 0 Å². The summed E-state index contributed by atoms with van der Waals surface area (Å²) in [7, 11) is -3.63. The van der Waals surface area contributed by atoms with E-state index in [-0.39, 0.29) is 23.5 Å². The van der Waals surface area contributed by atoms with Gasteiger partial charge in [-0.05, 0) is 42.7 Å². The highest BCUT2D eigenvalue weighted by molar-refractivity contribution is 7.88. The lowest BCUT2D eigenvalue weighted by molar-refractivity contribution is -0.120. The number of fused-ring (bicyclic) bond motifs is 1. The molecular formula is C21H21N3O3S2. The quantitative estimate of drug-likeness (QED) is 0.605. The van der Waals surface area contributed by atoms with E-state index >= 15 is 0 Å². The summed E-state index contributed by atoms with van der Waals surface area (Å²) in [6.07, 6.45) is 5.55. The fraction of sp³-hybridized carbons (Fsp3) is 0.238. The van der Waals surface area contributed by atoms with E-state index in [4.69, 9.17) is 10.1 Å². The predicted molar refractivity (Wildman–Crippen MR) is 116 cm³/mol. The van der Waals surface area contributed by atoms with Crippen molar-refractivity contribution in [1.82, 2.24) is 4.98 Å². The van der Waals surface area contributed by atoms with Gasteiger partial charge in [-0.15, -0.1) is 11.3 Å². The number of carbonyl (C=O) groups excluding carboxylic acids is 1. The zero-order chi connectivity index (χ0) is 20.4. The van der Waals surface area contributed by atoms with E-state index in [1.54, 1.807) is 35.6 Å². The maximum atomic E-state index is 13.1. The normalized spacial score (nSPS) is 19.3. The van der Waals surface area contributed by atoms with Crippen molar-refractivity contribution in [2.75, 3.05) is 5.32 Å². The average molecular weight is 428 g/mol. The van der Waals surface area contributed by atoms with Gasteiger partial charge >= 0.3 is 0 Å². The molecule has 2 unspecified atom stereocenters. The number of nitrogens with two attached hydrogens (primary N) is 1. The van der Waals surface area contributed by atoms with Crippen LogP contribution in [0.15, 0.2) is 60.7 Å². The molecule has 1 amide bonds.